The van der Waals surface area contributed by atoms with Gasteiger partial charge >= 0.3 is 5.69 Å². The van der Waals surface area contributed by atoms with Gasteiger partial charge in [-0.1, -0.05) is 12.1 Å². The van der Waals surface area contributed by atoms with Crippen LogP contribution in [0.15, 0.2) is 59.5 Å². The average molecular weight is 378 g/mol. The molecule has 28 heavy (non-hydrogen) atoms. The molecule has 3 N–H and O–H groups in total. The Bertz CT molecular complexity index is 1060. The minimum Gasteiger partial charge on any atom is -0.346 e. The van der Waals surface area contributed by atoms with Crippen molar-refractivity contribution in [3.05, 3.63) is 82.0 Å². The number of aromatic amines is 1. The summed E-state index contributed by atoms with van der Waals surface area (Å²) in [5.74, 6) is -0.368. The number of H-pyrrole nitrogens is 1. The van der Waals surface area contributed by atoms with Crippen molar-refractivity contribution in [1.29, 1.82) is 0 Å². The summed E-state index contributed by atoms with van der Waals surface area (Å²) in [7, 11) is 0. The lowest BCUT2D eigenvalue weighted by atomic mass is 10.1. The average Bonchev–Trinajstić information content (AvgIpc) is 3.00. The first-order chi connectivity index (χ1) is 13.3. The lowest BCUT2D eigenvalue weighted by molar-refractivity contribution is -0.114. The van der Waals surface area contributed by atoms with E-state index in [0.717, 1.165) is 11.3 Å². The Hall–Kier alpha value is -3.61. The van der Waals surface area contributed by atoms with Gasteiger partial charge in [0.15, 0.2) is 0 Å². The molecule has 7 nitrogen and oxygen atoms in total. The van der Waals surface area contributed by atoms with Crippen LogP contribution in [0.5, 0.6) is 0 Å². The van der Waals surface area contributed by atoms with E-state index >= 15 is 0 Å². The highest BCUT2D eigenvalue weighted by atomic mass is 16.2. The highest BCUT2D eigenvalue weighted by molar-refractivity contribution is 5.94. The third-order valence-corrected chi connectivity index (χ3v) is 4.40. The van der Waals surface area contributed by atoms with Crippen LogP contribution in [0.1, 0.15) is 41.5 Å². The maximum atomic E-state index is 12.6. The molecule has 7 heteroatoms. The maximum absolute atomic E-state index is 12.6. The molecule has 0 aliphatic heterocycles. The van der Waals surface area contributed by atoms with Crippen LogP contribution in [0.2, 0.25) is 0 Å². The minimum absolute atomic E-state index is 0.148. The van der Waals surface area contributed by atoms with E-state index in [0.29, 0.717) is 16.9 Å². The van der Waals surface area contributed by atoms with Gasteiger partial charge in [0.25, 0.3) is 5.91 Å². The number of imidazole rings is 1. The van der Waals surface area contributed by atoms with Gasteiger partial charge in [0.05, 0.1) is 11.7 Å². The zero-order valence-electron chi connectivity index (χ0n) is 15.9. The number of carbonyl (C=O) groups excluding carboxylic acids is 2. The van der Waals surface area contributed by atoms with Crippen molar-refractivity contribution < 1.29 is 9.59 Å². The quantitative estimate of drug-likeness (QED) is 0.637. The highest BCUT2D eigenvalue weighted by Gasteiger charge is 2.13. The van der Waals surface area contributed by atoms with Gasteiger partial charge in [0, 0.05) is 30.1 Å². The molecule has 2 aromatic carbocycles. The standard InChI is InChI=1S/C21H22N4O3/c1-13-12-22-21(28)25(13)19-9-7-16(8-10-19)20(27)23-14(2)17-5-4-6-18(11-17)24-15(3)26/h4-12,14H,1-3H3,(H,22,28)(H,23,27)(H,24,26)/t14-/m1/s1. The van der Waals surface area contributed by atoms with Gasteiger partial charge < -0.3 is 15.6 Å². The number of aryl methyl sites for hydroxylation is 1. The fourth-order valence-electron chi connectivity index (χ4n) is 2.99. The van der Waals surface area contributed by atoms with Crippen molar-refractivity contribution >= 4 is 17.5 Å². The van der Waals surface area contributed by atoms with Gasteiger partial charge in [-0.05, 0) is 55.8 Å². The zero-order valence-corrected chi connectivity index (χ0v) is 15.9. The molecule has 144 valence electrons. The number of hydrogen-bond acceptors (Lipinski definition) is 3. The molecule has 0 fully saturated rings. The van der Waals surface area contributed by atoms with Gasteiger partial charge in [-0.2, -0.15) is 0 Å². The van der Waals surface area contributed by atoms with E-state index in [1.807, 2.05) is 32.0 Å². The fourth-order valence-corrected chi connectivity index (χ4v) is 2.99. The second-order valence-corrected chi connectivity index (χ2v) is 6.62. The Morgan fingerprint density at radius 3 is 2.43 bits per heavy atom. The summed E-state index contributed by atoms with van der Waals surface area (Å²) >= 11 is 0. The molecule has 0 spiro atoms. The van der Waals surface area contributed by atoms with Crippen molar-refractivity contribution in [2.45, 2.75) is 26.8 Å². The Morgan fingerprint density at radius 1 is 1.11 bits per heavy atom. The Labute approximate surface area is 162 Å². The van der Waals surface area contributed by atoms with Crippen molar-refractivity contribution in [2.75, 3.05) is 5.32 Å². The summed E-state index contributed by atoms with van der Waals surface area (Å²) in [6.45, 7) is 5.15. The van der Waals surface area contributed by atoms with Crippen molar-refractivity contribution in [1.82, 2.24) is 14.9 Å². The molecule has 2 amide bonds. The fraction of sp³-hybridized carbons (Fsp3) is 0.190. The number of amides is 2. The van der Waals surface area contributed by atoms with Crippen molar-refractivity contribution in [3.63, 3.8) is 0 Å². The number of hydrogen-bond donors (Lipinski definition) is 3. The molecule has 0 radical (unpaired) electrons. The molecule has 1 aromatic heterocycles. The number of anilines is 1. The van der Waals surface area contributed by atoms with E-state index < -0.39 is 0 Å². The maximum Gasteiger partial charge on any atom is 0.330 e. The normalized spacial score (nSPS) is 11.7. The zero-order chi connectivity index (χ0) is 20.3. The first kappa shape index (κ1) is 19.2. The van der Waals surface area contributed by atoms with Crippen LogP contribution in [-0.2, 0) is 4.79 Å². The van der Waals surface area contributed by atoms with Gasteiger partial charge in [-0.3, -0.25) is 14.2 Å². The predicted octanol–water partition coefficient (Wildman–Crippen LogP) is 2.92. The molecular formula is C21H22N4O3. The Morgan fingerprint density at radius 2 is 1.82 bits per heavy atom. The van der Waals surface area contributed by atoms with E-state index in [2.05, 4.69) is 15.6 Å². The second kappa shape index (κ2) is 7.96. The number of rotatable bonds is 5. The van der Waals surface area contributed by atoms with Crippen LogP contribution < -0.4 is 16.3 Å². The van der Waals surface area contributed by atoms with Crippen LogP contribution in [0.4, 0.5) is 5.69 Å². The monoisotopic (exact) mass is 378 g/mol. The van der Waals surface area contributed by atoms with Gasteiger partial charge in [-0.15, -0.1) is 0 Å². The number of nitrogens with zero attached hydrogens (tertiary/aromatic N) is 1. The molecule has 0 saturated heterocycles. The third-order valence-electron chi connectivity index (χ3n) is 4.40. The summed E-state index contributed by atoms with van der Waals surface area (Å²) in [6.07, 6.45) is 1.64. The highest BCUT2D eigenvalue weighted by Crippen LogP contribution is 2.18. The molecule has 3 rings (SSSR count). The van der Waals surface area contributed by atoms with Crippen molar-refractivity contribution in [3.8, 4) is 5.69 Å². The molecule has 0 unspecified atom stereocenters. The third kappa shape index (κ3) is 4.20. The van der Waals surface area contributed by atoms with E-state index in [1.165, 1.54) is 11.5 Å². The summed E-state index contributed by atoms with van der Waals surface area (Å²) in [5.41, 5.74) is 3.32. The SMILES string of the molecule is CC(=O)Nc1cccc([C@@H](C)NC(=O)c2ccc(-n3c(C)c[nH]c3=O)cc2)c1. The molecule has 1 atom stereocenters. The van der Waals surface area contributed by atoms with Crippen LogP contribution in [0.3, 0.4) is 0 Å². The number of aromatic nitrogens is 2. The lowest BCUT2D eigenvalue weighted by Crippen LogP contribution is -2.26. The molecular weight excluding hydrogens is 356 g/mol. The van der Waals surface area contributed by atoms with E-state index in [-0.39, 0.29) is 23.5 Å². The molecule has 0 bridgehead atoms. The Balaban J connectivity index is 1.72. The molecule has 0 aliphatic carbocycles. The van der Waals surface area contributed by atoms with Crippen LogP contribution >= 0.6 is 0 Å². The van der Waals surface area contributed by atoms with Gasteiger partial charge in [0.2, 0.25) is 5.91 Å². The van der Waals surface area contributed by atoms with E-state index in [1.54, 1.807) is 36.5 Å². The van der Waals surface area contributed by atoms with E-state index in [9.17, 15) is 14.4 Å². The number of nitrogens with one attached hydrogen (secondary N) is 3. The largest absolute Gasteiger partial charge is 0.346 e. The summed E-state index contributed by atoms with van der Waals surface area (Å²) in [4.78, 5) is 38.3. The number of carbonyl (C=O) groups is 2. The second-order valence-electron chi connectivity index (χ2n) is 6.62. The van der Waals surface area contributed by atoms with Crippen LogP contribution in [-0.4, -0.2) is 21.4 Å². The van der Waals surface area contributed by atoms with E-state index in [4.69, 9.17) is 0 Å². The summed E-state index contributed by atoms with van der Waals surface area (Å²) in [5, 5.41) is 5.68. The van der Waals surface area contributed by atoms with Gasteiger partial charge in [-0.25, -0.2) is 4.79 Å². The minimum atomic E-state index is -0.240. The molecule has 0 saturated carbocycles. The summed E-state index contributed by atoms with van der Waals surface area (Å²) in [6, 6.07) is 13.9. The lowest BCUT2D eigenvalue weighted by Gasteiger charge is -2.16. The molecule has 0 aliphatic rings. The summed E-state index contributed by atoms with van der Waals surface area (Å²) < 4.78 is 1.54. The first-order valence-electron chi connectivity index (χ1n) is 8.91. The topological polar surface area (TPSA) is 96.0 Å². The molecule has 1 heterocycles. The van der Waals surface area contributed by atoms with Crippen LogP contribution in [0.25, 0.3) is 5.69 Å². The van der Waals surface area contributed by atoms with Crippen molar-refractivity contribution in [2.24, 2.45) is 0 Å². The van der Waals surface area contributed by atoms with Gasteiger partial charge in [0.1, 0.15) is 0 Å². The molecule has 3 aromatic rings. The first-order valence-corrected chi connectivity index (χ1v) is 8.91. The number of benzene rings is 2. The predicted molar refractivity (Wildman–Crippen MR) is 108 cm³/mol. The smallest absolute Gasteiger partial charge is 0.330 e. The van der Waals surface area contributed by atoms with Crippen LogP contribution in [0, 0.1) is 6.92 Å². The Kier molecular flexibility index (Phi) is 5.44.